The lowest BCUT2D eigenvalue weighted by Gasteiger charge is -2.11. The van der Waals surface area contributed by atoms with Crippen LogP contribution in [0.25, 0.3) is 0 Å². The van der Waals surface area contributed by atoms with E-state index in [9.17, 15) is 5.11 Å². The summed E-state index contributed by atoms with van der Waals surface area (Å²) < 4.78 is 5.69. The van der Waals surface area contributed by atoms with Crippen molar-refractivity contribution in [1.82, 2.24) is 0 Å². The number of halogens is 1. The second-order valence-corrected chi connectivity index (χ2v) is 4.73. The molecule has 2 nitrogen and oxygen atoms in total. The van der Waals surface area contributed by atoms with Gasteiger partial charge >= 0.3 is 0 Å². The van der Waals surface area contributed by atoms with Crippen molar-refractivity contribution in [3.8, 4) is 5.75 Å². The highest BCUT2D eigenvalue weighted by Gasteiger charge is 2.07. The van der Waals surface area contributed by atoms with Crippen LogP contribution in [0, 0.1) is 0 Å². The quantitative estimate of drug-likeness (QED) is 0.812. The fourth-order valence-corrected chi connectivity index (χ4v) is 2.18. The number of para-hydroxylation sites is 1. The predicted molar refractivity (Wildman–Crippen MR) is 77.6 cm³/mol. The van der Waals surface area contributed by atoms with Crippen LogP contribution in [-0.4, -0.2) is 11.7 Å². The van der Waals surface area contributed by atoms with E-state index < -0.39 is 0 Å². The van der Waals surface area contributed by atoms with E-state index in [2.05, 4.69) is 12.1 Å². The third-order valence-electron chi connectivity index (χ3n) is 2.92. The lowest BCUT2D eigenvalue weighted by atomic mass is 10.1. The molecule has 0 atom stereocenters. The van der Waals surface area contributed by atoms with Crippen molar-refractivity contribution >= 4 is 11.6 Å². The Labute approximate surface area is 118 Å². The number of aryl methyl sites for hydroxylation is 1. The van der Waals surface area contributed by atoms with Crippen LogP contribution in [0.3, 0.4) is 0 Å². The summed E-state index contributed by atoms with van der Waals surface area (Å²) in [6.07, 6.45) is 1.89. The van der Waals surface area contributed by atoms with Gasteiger partial charge in [0.1, 0.15) is 5.75 Å². The first-order valence-electron chi connectivity index (χ1n) is 6.36. The molecular weight excluding hydrogens is 260 g/mol. The van der Waals surface area contributed by atoms with E-state index in [0.717, 1.165) is 18.4 Å². The first kappa shape index (κ1) is 13.9. The summed E-state index contributed by atoms with van der Waals surface area (Å²) >= 11 is 6.07. The monoisotopic (exact) mass is 276 g/mol. The molecule has 0 fully saturated rings. The van der Waals surface area contributed by atoms with Crippen molar-refractivity contribution in [2.45, 2.75) is 19.4 Å². The van der Waals surface area contributed by atoms with Gasteiger partial charge in [-0.15, -0.1) is 0 Å². The first-order valence-corrected chi connectivity index (χ1v) is 6.74. The molecule has 0 unspecified atom stereocenters. The maximum absolute atomic E-state index is 9.24. The molecule has 0 bridgehead atoms. The maximum Gasteiger partial charge on any atom is 0.143 e. The molecule has 2 rings (SSSR count). The molecule has 0 aliphatic carbocycles. The van der Waals surface area contributed by atoms with Gasteiger partial charge in [0.2, 0.25) is 0 Å². The van der Waals surface area contributed by atoms with Crippen LogP contribution < -0.4 is 4.74 Å². The van der Waals surface area contributed by atoms with Crippen LogP contribution in [-0.2, 0) is 13.0 Å². The van der Waals surface area contributed by atoms with Gasteiger partial charge in [0, 0.05) is 5.56 Å². The second kappa shape index (κ2) is 7.17. The summed E-state index contributed by atoms with van der Waals surface area (Å²) in [5, 5.41) is 9.79. The number of hydrogen-bond donors (Lipinski definition) is 1. The summed E-state index contributed by atoms with van der Waals surface area (Å²) in [4.78, 5) is 0. The lowest BCUT2D eigenvalue weighted by Crippen LogP contribution is -2.02. The Morgan fingerprint density at radius 3 is 2.53 bits per heavy atom. The fourth-order valence-electron chi connectivity index (χ4n) is 1.93. The van der Waals surface area contributed by atoms with Gasteiger partial charge in [0.05, 0.1) is 18.2 Å². The number of aliphatic hydroxyl groups excluding tert-OH is 1. The number of aliphatic hydroxyl groups is 1. The second-order valence-electron chi connectivity index (χ2n) is 4.32. The van der Waals surface area contributed by atoms with Crippen LogP contribution in [0.4, 0.5) is 0 Å². The Hall–Kier alpha value is -1.51. The molecule has 2 aromatic carbocycles. The van der Waals surface area contributed by atoms with Crippen molar-refractivity contribution < 1.29 is 9.84 Å². The van der Waals surface area contributed by atoms with Gasteiger partial charge in [-0.2, -0.15) is 0 Å². The molecule has 0 spiro atoms. The van der Waals surface area contributed by atoms with Crippen molar-refractivity contribution in [2.24, 2.45) is 0 Å². The van der Waals surface area contributed by atoms with E-state index >= 15 is 0 Å². The van der Waals surface area contributed by atoms with E-state index in [4.69, 9.17) is 16.3 Å². The van der Waals surface area contributed by atoms with Crippen LogP contribution in [0.2, 0.25) is 5.02 Å². The molecule has 1 N–H and O–H groups in total. The SMILES string of the molecule is OCc1cccc(Cl)c1OCCCc1ccccc1. The smallest absolute Gasteiger partial charge is 0.143 e. The van der Waals surface area contributed by atoms with Gasteiger partial charge in [-0.05, 0) is 24.5 Å². The zero-order chi connectivity index (χ0) is 13.5. The molecule has 0 aliphatic heterocycles. The van der Waals surface area contributed by atoms with Gasteiger partial charge < -0.3 is 9.84 Å². The average molecular weight is 277 g/mol. The summed E-state index contributed by atoms with van der Waals surface area (Å²) in [7, 11) is 0. The van der Waals surface area contributed by atoms with Crippen molar-refractivity contribution in [2.75, 3.05) is 6.61 Å². The molecule has 0 aliphatic rings. The Morgan fingerprint density at radius 2 is 1.79 bits per heavy atom. The average Bonchev–Trinajstić information content (AvgIpc) is 2.46. The minimum absolute atomic E-state index is 0.0609. The third-order valence-corrected chi connectivity index (χ3v) is 3.22. The Balaban J connectivity index is 1.86. The molecule has 0 aromatic heterocycles. The third kappa shape index (κ3) is 3.98. The largest absolute Gasteiger partial charge is 0.492 e. The number of benzene rings is 2. The van der Waals surface area contributed by atoms with Crippen molar-refractivity contribution in [3.05, 3.63) is 64.7 Å². The van der Waals surface area contributed by atoms with Gasteiger partial charge in [-0.25, -0.2) is 0 Å². The predicted octanol–water partition coefficient (Wildman–Crippen LogP) is 3.84. The number of ether oxygens (including phenoxy) is 1. The summed E-state index contributed by atoms with van der Waals surface area (Å²) in [5.74, 6) is 0.597. The summed E-state index contributed by atoms with van der Waals surface area (Å²) in [5.41, 5.74) is 2.03. The highest BCUT2D eigenvalue weighted by Crippen LogP contribution is 2.28. The first-order chi connectivity index (χ1) is 9.31. The van der Waals surface area contributed by atoms with Gasteiger partial charge in [-0.3, -0.25) is 0 Å². The summed E-state index contributed by atoms with van der Waals surface area (Å²) in [6, 6.07) is 15.7. The molecule has 0 amide bonds. The standard InChI is InChI=1S/C16H17ClO2/c17-15-10-4-9-14(12-18)16(15)19-11-5-8-13-6-2-1-3-7-13/h1-4,6-7,9-10,18H,5,8,11-12H2. The van der Waals surface area contributed by atoms with Gasteiger partial charge in [-0.1, -0.05) is 54.1 Å². The zero-order valence-corrected chi connectivity index (χ0v) is 11.4. The maximum atomic E-state index is 9.24. The highest BCUT2D eigenvalue weighted by atomic mass is 35.5. The van der Waals surface area contributed by atoms with Gasteiger partial charge in [0.25, 0.3) is 0 Å². The van der Waals surface area contributed by atoms with E-state index in [0.29, 0.717) is 17.4 Å². The van der Waals surface area contributed by atoms with Crippen molar-refractivity contribution in [1.29, 1.82) is 0 Å². The van der Waals surface area contributed by atoms with E-state index in [1.807, 2.05) is 30.3 Å². The molecule has 3 heteroatoms. The Kier molecular flexibility index (Phi) is 5.25. The van der Waals surface area contributed by atoms with Crippen LogP contribution >= 0.6 is 11.6 Å². The number of rotatable bonds is 6. The Morgan fingerprint density at radius 1 is 1.00 bits per heavy atom. The molecule has 19 heavy (non-hydrogen) atoms. The van der Waals surface area contributed by atoms with Crippen LogP contribution in [0.1, 0.15) is 17.5 Å². The minimum atomic E-state index is -0.0609. The molecule has 0 saturated heterocycles. The molecule has 100 valence electrons. The zero-order valence-electron chi connectivity index (χ0n) is 10.7. The lowest BCUT2D eigenvalue weighted by molar-refractivity contribution is 0.261. The molecular formula is C16H17ClO2. The summed E-state index contributed by atoms with van der Waals surface area (Å²) in [6.45, 7) is 0.528. The van der Waals surface area contributed by atoms with Gasteiger partial charge in [0.15, 0.2) is 0 Å². The molecule has 2 aromatic rings. The van der Waals surface area contributed by atoms with Crippen molar-refractivity contribution in [3.63, 3.8) is 0 Å². The Bertz CT molecular complexity index is 511. The molecule has 0 heterocycles. The van der Waals surface area contributed by atoms with E-state index in [1.54, 1.807) is 6.07 Å². The van der Waals surface area contributed by atoms with E-state index in [-0.39, 0.29) is 6.61 Å². The normalized spacial score (nSPS) is 10.4. The molecule has 0 saturated carbocycles. The number of hydrogen-bond acceptors (Lipinski definition) is 2. The topological polar surface area (TPSA) is 29.5 Å². The fraction of sp³-hybridized carbons (Fsp3) is 0.250. The van der Waals surface area contributed by atoms with Crippen LogP contribution in [0.15, 0.2) is 48.5 Å². The molecule has 0 radical (unpaired) electrons. The van der Waals surface area contributed by atoms with Crippen LogP contribution in [0.5, 0.6) is 5.75 Å². The highest BCUT2D eigenvalue weighted by molar-refractivity contribution is 6.32. The van der Waals surface area contributed by atoms with E-state index in [1.165, 1.54) is 5.56 Å². The minimum Gasteiger partial charge on any atom is -0.492 e.